The second kappa shape index (κ2) is 6.05. The molecule has 3 rings (SSSR count). The zero-order valence-corrected chi connectivity index (χ0v) is 12.5. The molecule has 7 nitrogen and oxygen atoms in total. The van der Waals surface area contributed by atoms with Gasteiger partial charge in [0.25, 0.3) is 5.69 Å². The molecule has 1 aromatic heterocycles. The quantitative estimate of drug-likeness (QED) is 0.558. The number of para-hydroxylation sites is 2. The summed E-state index contributed by atoms with van der Waals surface area (Å²) in [5.74, 6) is 0.570. The van der Waals surface area contributed by atoms with E-state index in [1.807, 2.05) is 28.8 Å². The first-order chi connectivity index (χ1) is 11.1. The van der Waals surface area contributed by atoms with Crippen LogP contribution in [0.1, 0.15) is 18.9 Å². The number of nitro benzene ring substituents is 1. The van der Waals surface area contributed by atoms with Gasteiger partial charge in [-0.05, 0) is 31.2 Å². The number of aliphatic hydroxyl groups excluding tert-OH is 1. The van der Waals surface area contributed by atoms with Gasteiger partial charge < -0.3 is 15.0 Å². The van der Waals surface area contributed by atoms with Gasteiger partial charge in [0.05, 0.1) is 22.6 Å². The zero-order chi connectivity index (χ0) is 16.4. The Labute approximate surface area is 132 Å². The fourth-order valence-corrected chi connectivity index (χ4v) is 2.45. The molecule has 0 amide bonds. The van der Waals surface area contributed by atoms with Crippen molar-refractivity contribution in [1.82, 2.24) is 9.55 Å². The predicted octanol–water partition coefficient (Wildman–Crippen LogP) is 3.07. The van der Waals surface area contributed by atoms with Crippen molar-refractivity contribution in [3.8, 4) is 0 Å². The van der Waals surface area contributed by atoms with E-state index >= 15 is 0 Å². The van der Waals surface area contributed by atoms with Crippen LogP contribution < -0.4 is 5.32 Å². The van der Waals surface area contributed by atoms with E-state index in [0.717, 1.165) is 16.7 Å². The lowest BCUT2D eigenvalue weighted by molar-refractivity contribution is -0.384. The Morgan fingerprint density at radius 2 is 1.96 bits per heavy atom. The molecule has 0 saturated carbocycles. The number of fused-ring (bicyclic) bond motifs is 1. The van der Waals surface area contributed by atoms with Gasteiger partial charge in [-0.15, -0.1) is 0 Å². The van der Waals surface area contributed by atoms with E-state index in [2.05, 4.69) is 10.3 Å². The number of benzene rings is 2. The number of anilines is 1. The fraction of sp³-hybridized carbons (Fsp3) is 0.188. The number of imidazole rings is 1. The molecular formula is C16H16N4O3. The molecular weight excluding hydrogens is 296 g/mol. The number of aromatic nitrogens is 2. The summed E-state index contributed by atoms with van der Waals surface area (Å²) >= 11 is 0. The zero-order valence-electron chi connectivity index (χ0n) is 12.5. The van der Waals surface area contributed by atoms with Crippen molar-refractivity contribution in [1.29, 1.82) is 0 Å². The molecule has 23 heavy (non-hydrogen) atoms. The third-order valence-corrected chi connectivity index (χ3v) is 3.58. The summed E-state index contributed by atoms with van der Waals surface area (Å²) in [5, 5.41) is 23.8. The molecule has 2 aromatic carbocycles. The highest BCUT2D eigenvalue weighted by Gasteiger charge is 2.14. The van der Waals surface area contributed by atoms with Crippen LogP contribution in [-0.2, 0) is 6.67 Å². The van der Waals surface area contributed by atoms with E-state index in [4.69, 9.17) is 0 Å². The standard InChI is InChI=1S/C16H16N4O3/c1-11(21)16-18-14-4-2-3-5-15(14)19(16)10-17-12-6-8-13(9-7-12)20(22)23/h2-9,11,17,21H,10H2,1H3/t11-/m0/s1. The Morgan fingerprint density at radius 1 is 1.26 bits per heavy atom. The van der Waals surface area contributed by atoms with E-state index in [1.165, 1.54) is 12.1 Å². The molecule has 1 atom stereocenters. The second-order valence-electron chi connectivity index (χ2n) is 5.20. The molecule has 0 bridgehead atoms. The summed E-state index contributed by atoms with van der Waals surface area (Å²) in [6, 6.07) is 13.8. The molecule has 0 saturated heterocycles. The highest BCUT2D eigenvalue weighted by atomic mass is 16.6. The predicted molar refractivity (Wildman–Crippen MR) is 87.1 cm³/mol. The molecule has 7 heteroatoms. The van der Waals surface area contributed by atoms with Gasteiger partial charge in [0, 0.05) is 17.8 Å². The van der Waals surface area contributed by atoms with Crippen molar-refractivity contribution in [3.63, 3.8) is 0 Å². The normalized spacial score (nSPS) is 12.3. The minimum atomic E-state index is -0.693. The summed E-state index contributed by atoms with van der Waals surface area (Å²) in [4.78, 5) is 14.7. The number of non-ortho nitro benzene ring substituents is 1. The average molecular weight is 312 g/mol. The van der Waals surface area contributed by atoms with Gasteiger partial charge in [0.2, 0.25) is 0 Å². The van der Waals surface area contributed by atoms with Crippen LogP contribution in [-0.4, -0.2) is 19.6 Å². The van der Waals surface area contributed by atoms with Crippen molar-refractivity contribution in [2.24, 2.45) is 0 Å². The van der Waals surface area contributed by atoms with Gasteiger partial charge in [-0.25, -0.2) is 4.98 Å². The smallest absolute Gasteiger partial charge is 0.269 e. The summed E-state index contributed by atoms with van der Waals surface area (Å²) in [5.41, 5.74) is 2.53. The molecule has 3 aromatic rings. The summed E-state index contributed by atoms with van der Waals surface area (Å²) in [6.45, 7) is 2.07. The van der Waals surface area contributed by atoms with E-state index in [-0.39, 0.29) is 5.69 Å². The summed E-state index contributed by atoms with van der Waals surface area (Å²) < 4.78 is 1.89. The van der Waals surface area contributed by atoms with Crippen molar-refractivity contribution < 1.29 is 10.0 Å². The van der Waals surface area contributed by atoms with Crippen LogP contribution in [0, 0.1) is 10.1 Å². The Hall–Kier alpha value is -2.93. The topological polar surface area (TPSA) is 93.2 Å². The highest BCUT2D eigenvalue weighted by molar-refractivity contribution is 5.76. The fourth-order valence-electron chi connectivity index (χ4n) is 2.45. The van der Waals surface area contributed by atoms with Gasteiger partial charge >= 0.3 is 0 Å². The van der Waals surface area contributed by atoms with Gasteiger partial charge in [0.15, 0.2) is 0 Å². The van der Waals surface area contributed by atoms with Crippen LogP contribution in [0.4, 0.5) is 11.4 Å². The van der Waals surface area contributed by atoms with E-state index in [1.54, 1.807) is 19.1 Å². The van der Waals surface area contributed by atoms with Gasteiger partial charge in [-0.1, -0.05) is 12.1 Å². The molecule has 0 radical (unpaired) electrons. The first-order valence-electron chi connectivity index (χ1n) is 7.18. The Balaban J connectivity index is 1.86. The van der Waals surface area contributed by atoms with Gasteiger partial charge in [-0.2, -0.15) is 0 Å². The minimum Gasteiger partial charge on any atom is -0.385 e. The third kappa shape index (κ3) is 3.00. The molecule has 0 aliphatic heterocycles. The molecule has 118 valence electrons. The largest absolute Gasteiger partial charge is 0.385 e. The van der Waals surface area contributed by atoms with Crippen LogP contribution in [0.5, 0.6) is 0 Å². The average Bonchev–Trinajstić information content (AvgIpc) is 2.92. The third-order valence-electron chi connectivity index (χ3n) is 3.58. The number of aliphatic hydroxyl groups is 1. The number of nitrogens with zero attached hydrogens (tertiary/aromatic N) is 3. The van der Waals surface area contributed by atoms with Crippen LogP contribution in [0.2, 0.25) is 0 Å². The van der Waals surface area contributed by atoms with Crippen molar-refractivity contribution in [2.75, 3.05) is 5.32 Å². The summed E-state index contributed by atoms with van der Waals surface area (Å²) in [6.07, 6.45) is -0.693. The molecule has 0 fully saturated rings. The molecule has 0 aliphatic rings. The first kappa shape index (κ1) is 15.0. The Kier molecular flexibility index (Phi) is 3.94. The van der Waals surface area contributed by atoms with Crippen LogP contribution in [0.3, 0.4) is 0 Å². The maximum atomic E-state index is 10.7. The van der Waals surface area contributed by atoms with Crippen molar-refractivity contribution in [2.45, 2.75) is 19.7 Å². The molecule has 2 N–H and O–H groups in total. The lowest BCUT2D eigenvalue weighted by Gasteiger charge is -2.13. The van der Waals surface area contributed by atoms with E-state index in [9.17, 15) is 15.2 Å². The monoisotopic (exact) mass is 312 g/mol. The van der Waals surface area contributed by atoms with E-state index in [0.29, 0.717) is 12.5 Å². The summed E-state index contributed by atoms with van der Waals surface area (Å²) in [7, 11) is 0. The van der Waals surface area contributed by atoms with Crippen molar-refractivity contribution in [3.05, 3.63) is 64.5 Å². The maximum absolute atomic E-state index is 10.7. The van der Waals surface area contributed by atoms with E-state index < -0.39 is 11.0 Å². The lowest BCUT2D eigenvalue weighted by atomic mass is 10.3. The molecule has 0 aliphatic carbocycles. The van der Waals surface area contributed by atoms with Gasteiger partial charge in [-0.3, -0.25) is 10.1 Å². The molecule has 1 heterocycles. The Bertz CT molecular complexity index is 840. The minimum absolute atomic E-state index is 0.0494. The van der Waals surface area contributed by atoms with Crippen LogP contribution >= 0.6 is 0 Å². The van der Waals surface area contributed by atoms with Gasteiger partial charge in [0.1, 0.15) is 11.9 Å². The number of hydrogen-bond acceptors (Lipinski definition) is 5. The molecule has 0 unspecified atom stereocenters. The lowest BCUT2D eigenvalue weighted by Crippen LogP contribution is -2.13. The highest BCUT2D eigenvalue weighted by Crippen LogP contribution is 2.21. The first-order valence-corrected chi connectivity index (χ1v) is 7.18. The van der Waals surface area contributed by atoms with Crippen LogP contribution in [0.15, 0.2) is 48.5 Å². The number of nitrogens with one attached hydrogen (secondary N) is 1. The van der Waals surface area contributed by atoms with Crippen LogP contribution in [0.25, 0.3) is 11.0 Å². The molecule has 0 spiro atoms. The van der Waals surface area contributed by atoms with Crippen molar-refractivity contribution >= 4 is 22.4 Å². The SMILES string of the molecule is C[C@H](O)c1nc2ccccc2n1CNc1ccc([N+](=O)[O-])cc1. The number of hydrogen-bond donors (Lipinski definition) is 2. The number of nitro groups is 1. The second-order valence-corrected chi connectivity index (χ2v) is 5.20. The number of rotatable bonds is 5. The Morgan fingerprint density at radius 3 is 2.61 bits per heavy atom. The maximum Gasteiger partial charge on any atom is 0.269 e.